The SMILES string of the molecule is COC(=O)C(F)=C(F)Cl. The second-order valence-electron chi connectivity index (χ2n) is 1.07. The third kappa shape index (κ3) is 2.41. The molecule has 0 aliphatic carbocycles. The minimum atomic E-state index is -1.71. The Balaban J connectivity index is 4.21. The largest absolute Gasteiger partial charge is 0.464 e. The lowest BCUT2D eigenvalue weighted by Crippen LogP contribution is -2.00. The first-order valence-corrected chi connectivity index (χ1v) is 2.26. The van der Waals surface area contributed by atoms with E-state index in [4.69, 9.17) is 0 Å². The molecule has 0 aromatic rings. The maximum atomic E-state index is 11.8. The lowest BCUT2D eigenvalue weighted by Gasteiger charge is -1.91. The predicted octanol–water partition coefficient (Wildman–Crippen LogP) is 1.51. The maximum Gasteiger partial charge on any atom is 0.371 e. The molecule has 0 amide bonds. The summed E-state index contributed by atoms with van der Waals surface area (Å²) in [6.45, 7) is 0. The van der Waals surface area contributed by atoms with Gasteiger partial charge in [-0.25, -0.2) is 4.79 Å². The molecule has 0 aliphatic rings. The zero-order valence-electron chi connectivity index (χ0n) is 4.45. The topological polar surface area (TPSA) is 26.3 Å². The fraction of sp³-hybridized carbons (Fsp3) is 0.250. The Morgan fingerprint density at radius 3 is 2.11 bits per heavy atom. The summed E-state index contributed by atoms with van der Waals surface area (Å²) in [6.07, 6.45) is 0. The number of halogens is 3. The molecule has 0 aliphatic heterocycles. The van der Waals surface area contributed by atoms with Gasteiger partial charge in [0.1, 0.15) is 0 Å². The number of rotatable bonds is 1. The molecule has 0 unspecified atom stereocenters. The van der Waals surface area contributed by atoms with E-state index in [2.05, 4.69) is 16.3 Å². The van der Waals surface area contributed by atoms with Gasteiger partial charge in [-0.1, -0.05) is 0 Å². The summed E-state index contributed by atoms with van der Waals surface area (Å²) in [6, 6.07) is 0. The molecule has 5 heteroatoms. The van der Waals surface area contributed by atoms with E-state index in [9.17, 15) is 13.6 Å². The van der Waals surface area contributed by atoms with Crippen molar-refractivity contribution in [1.82, 2.24) is 0 Å². The molecule has 0 fully saturated rings. The van der Waals surface area contributed by atoms with Crippen LogP contribution in [-0.2, 0) is 9.53 Å². The number of hydrogen-bond acceptors (Lipinski definition) is 2. The van der Waals surface area contributed by atoms with Crippen LogP contribution in [0, 0.1) is 0 Å². The van der Waals surface area contributed by atoms with Crippen molar-refractivity contribution < 1.29 is 18.3 Å². The molecule has 0 aromatic heterocycles. The summed E-state index contributed by atoms with van der Waals surface area (Å²) in [7, 11) is 0.918. The van der Waals surface area contributed by atoms with Crippen LogP contribution in [0.5, 0.6) is 0 Å². The lowest BCUT2D eigenvalue weighted by atomic mass is 10.6. The molecule has 0 N–H and O–H groups in total. The van der Waals surface area contributed by atoms with Crippen molar-refractivity contribution in [3.8, 4) is 0 Å². The summed E-state index contributed by atoms with van der Waals surface area (Å²) in [5, 5.41) is -1.69. The van der Waals surface area contributed by atoms with E-state index in [1.165, 1.54) is 0 Å². The first kappa shape index (κ1) is 8.36. The Labute approximate surface area is 55.1 Å². The van der Waals surface area contributed by atoms with E-state index in [1.807, 2.05) is 0 Å². The molecule has 0 heterocycles. The van der Waals surface area contributed by atoms with Crippen LogP contribution in [-0.4, -0.2) is 13.1 Å². The van der Waals surface area contributed by atoms with Crippen molar-refractivity contribution >= 4 is 17.6 Å². The average Bonchev–Trinajstić information content (AvgIpc) is 1.84. The normalized spacial score (nSPS) is 12.4. The molecule has 0 saturated heterocycles. The number of carbonyl (C=O) groups is 1. The third-order valence-electron chi connectivity index (χ3n) is 0.531. The van der Waals surface area contributed by atoms with Crippen LogP contribution in [0.1, 0.15) is 0 Å². The molecular weight excluding hydrogens is 153 g/mol. The van der Waals surface area contributed by atoms with Crippen LogP contribution in [0.2, 0.25) is 0 Å². The molecule has 0 saturated carbocycles. The van der Waals surface area contributed by atoms with Gasteiger partial charge in [-0.15, -0.1) is 0 Å². The first-order chi connectivity index (χ1) is 4.09. The summed E-state index contributed by atoms with van der Waals surface area (Å²) in [4.78, 5) is 9.97. The molecule has 9 heavy (non-hydrogen) atoms. The molecule has 0 aromatic carbocycles. The van der Waals surface area contributed by atoms with Gasteiger partial charge in [0.05, 0.1) is 7.11 Å². The van der Waals surface area contributed by atoms with Gasteiger partial charge in [-0.3, -0.25) is 0 Å². The van der Waals surface area contributed by atoms with Crippen molar-refractivity contribution in [2.24, 2.45) is 0 Å². The monoisotopic (exact) mass is 156 g/mol. The molecule has 0 radical (unpaired) electrons. The van der Waals surface area contributed by atoms with Gasteiger partial charge in [-0.05, 0) is 11.6 Å². The fourth-order valence-corrected chi connectivity index (χ4v) is 0.244. The van der Waals surface area contributed by atoms with Crippen LogP contribution in [0.4, 0.5) is 8.78 Å². The minimum absolute atomic E-state index is 0.918. The van der Waals surface area contributed by atoms with E-state index in [1.54, 1.807) is 0 Å². The molecule has 0 rings (SSSR count). The van der Waals surface area contributed by atoms with Crippen molar-refractivity contribution in [3.63, 3.8) is 0 Å². The number of hydrogen-bond donors (Lipinski definition) is 0. The van der Waals surface area contributed by atoms with Crippen molar-refractivity contribution in [2.75, 3.05) is 7.11 Å². The highest BCUT2D eigenvalue weighted by molar-refractivity contribution is 6.29. The van der Waals surface area contributed by atoms with Gasteiger partial charge in [-0.2, -0.15) is 8.78 Å². The fourth-order valence-electron chi connectivity index (χ4n) is 0.167. The molecule has 52 valence electrons. The molecular formula is C4H3ClF2O2. The zero-order valence-corrected chi connectivity index (χ0v) is 5.21. The Hall–Kier alpha value is -0.640. The third-order valence-corrected chi connectivity index (χ3v) is 0.696. The maximum absolute atomic E-state index is 11.8. The van der Waals surface area contributed by atoms with Crippen LogP contribution in [0.3, 0.4) is 0 Å². The Morgan fingerprint density at radius 2 is 2.00 bits per heavy atom. The highest BCUT2D eigenvalue weighted by Gasteiger charge is 2.13. The van der Waals surface area contributed by atoms with Crippen molar-refractivity contribution in [3.05, 3.63) is 11.1 Å². The molecule has 0 spiro atoms. The van der Waals surface area contributed by atoms with Crippen molar-refractivity contribution in [2.45, 2.75) is 0 Å². The van der Waals surface area contributed by atoms with E-state index in [0.717, 1.165) is 7.11 Å². The van der Waals surface area contributed by atoms with Crippen molar-refractivity contribution in [1.29, 1.82) is 0 Å². The molecule has 0 atom stereocenters. The Bertz CT molecular complexity index is 151. The van der Waals surface area contributed by atoms with Gasteiger partial charge in [0.2, 0.25) is 5.29 Å². The number of methoxy groups -OCH3 is 1. The molecule has 2 nitrogen and oxygen atoms in total. The second-order valence-corrected chi connectivity index (χ2v) is 1.40. The quantitative estimate of drug-likeness (QED) is 0.425. The summed E-state index contributed by atoms with van der Waals surface area (Å²) in [5.74, 6) is -3.12. The van der Waals surface area contributed by atoms with Crippen LogP contribution >= 0.6 is 11.6 Å². The van der Waals surface area contributed by atoms with E-state index in [0.29, 0.717) is 0 Å². The molecule has 0 bridgehead atoms. The standard InChI is InChI=1S/C4H3ClF2O2/c1-9-4(8)2(6)3(5)7/h1H3. The van der Waals surface area contributed by atoms with E-state index >= 15 is 0 Å². The van der Waals surface area contributed by atoms with Gasteiger partial charge < -0.3 is 4.74 Å². The minimum Gasteiger partial charge on any atom is -0.464 e. The van der Waals surface area contributed by atoms with Gasteiger partial charge in [0, 0.05) is 0 Å². The predicted molar refractivity (Wildman–Crippen MR) is 27.1 cm³/mol. The highest BCUT2D eigenvalue weighted by atomic mass is 35.5. The van der Waals surface area contributed by atoms with Gasteiger partial charge >= 0.3 is 5.97 Å². The van der Waals surface area contributed by atoms with Crippen LogP contribution < -0.4 is 0 Å². The lowest BCUT2D eigenvalue weighted by molar-refractivity contribution is -0.137. The van der Waals surface area contributed by atoms with Crippen LogP contribution in [0.15, 0.2) is 11.1 Å². The first-order valence-electron chi connectivity index (χ1n) is 1.88. The second kappa shape index (κ2) is 3.40. The smallest absolute Gasteiger partial charge is 0.371 e. The van der Waals surface area contributed by atoms with Gasteiger partial charge in [0.25, 0.3) is 5.83 Å². The summed E-state index contributed by atoms with van der Waals surface area (Å²) < 4.78 is 27.1. The highest BCUT2D eigenvalue weighted by Crippen LogP contribution is 2.12. The van der Waals surface area contributed by atoms with Crippen LogP contribution in [0.25, 0.3) is 0 Å². The number of carbonyl (C=O) groups excluding carboxylic acids is 1. The Morgan fingerprint density at radius 1 is 1.56 bits per heavy atom. The number of esters is 1. The van der Waals surface area contributed by atoms with Gasteiger partial charge in [0.15, 0.2) is 0 Å². The summed E-state index contributed by atoms with van der Waals surface area (Å²) in [5.41, 5.74) is 0. The number of ether oxygens (including phenoxy) is 1. The zero-order chi connectivity index (χ0) is 7.44. The van der Waals surface area contributed by atoms with E-state index in [-0.39, 0.29) is 0 Å². The average molecular weight is 157 g/mol. The summed E-state index contributed by atoms with van der Waals surface area (Å²) >= 11 is 4.44. The Kier molecular flexibility index (Phi) is 3.16. The van der Waals surface area contributed by atoms with E-state index < -0.39 is 17.1 Å².